The van der Waals surface area contributed by atoms with E-state index in [1.54, 1.807) is 41.5 Å². The van der Waals surface area contributed by atoms with Gasteiger partial charge in [0, 0.05) is 30.1 Å². The number of carbonyl (C=O) groups is 2. The van der Waals surface area contributed by atoms with Crippen molar-refractivity contribution in [3.63, 3.8) is 0 Å². The predicted molar refractivity (Wildman–Crippen MR) is 171 cm³/mol. The van der Waals surface area contributed by atoms with Gasteiger partial charge >= 0.3 is 5.97 Å². The highest BCUT2D eigenvalue weighted by atomic mass is 16.7. The maximum absolute atomic E-state index is 13.9. The van der Waals surface area contributed by atoms with Gasteiger partial charge in [0.25, 0.3) is 0 Å². The summed E-state index contributed by atoms with van der Waals surface area (Å²) in [7, 11) is 0. The van der Waals surface area contributed by atoms with Crippen LogP contribution in [0.2, 0.25) is 0 Å². The third kappa shape index (κ3) is 9.18. The van der Waals surface area contributed by atoms with Gasteiger partial charge in [-0.05, 0) is 40.5 Å². The van der Waals surface area contributed by atoms with Gasteiger partial charge < -0.3 is 64.5 Å². The van der Waals surface area contributed by atoms with Crippen LogP contribution in [0, 0.1) is 29.6 Å². The summed E-state index contributed by atoms with van der Waals surface area (Å²) >= 11 is 0. The maximum Gasteiger partial charge on any atom is 0.311 e. The second-order valence-corrected chi connectivity index (χ2v) is 15.2. The molecule has 0 spiro atoms. The third-order valence-corrected chi connectivity index (χ3v) is 10.9. The molecule has 3 saturated heterocycles. The molecule has 3 aliphatic heterocycles. The van der Waals surface area contributed by atoms with Crippen LogP contribution in [0.1, 0.15) is 81.6 Å². The van der Waals surface area contributed by atoms with Crippen molar-refractivity contribution in [2.75, 3.05) is 6.61 Å². The van der Waals surface area contributed by atoms with Crippen molar-refractivity contribution in [1.29, 1.82) is 0 Å². The second-order valence-electron chi connectivity index (χ2n) is 15.2. The van der Waals surface area contributed by atoms with Crippen molar-refractivity contribution in [2.24, 2.45) is 29.6 Å². The smallest absolute Gasteiger partial charge is 0.311 e. The van der Waals surface area contributed by atoms with Gasteiger partial charge in [0.15, 0.2) is 12.6 Å². The van der Waals surface area contributed by atoms with E-state index in [2.05, 4.69) is 0 Å². The lowest BCUT2D eigenvalue weighted by Crippen LogP contribution is -2.62. The number of ether oxygens (including phenoxy) is 5. The Kier molecular flexibility index (Phi) is 14.2. The number of rotatable bonds is 6. The highest BCUT2D eigenvalue weighted by Gasteiger charge is 2.52. The molecule has 0 amide bonds. The van der Waals surface area contributed by atoms with Gasteiger partial charge in [-0.2, -0.15) is 0 Å². The molecule has 0 aromatic carbocycles. The van der Waals surface area contributed by atoms with Gasteiger partial charge in [-0.15, -0.1) is 0 Å². The zero-order valence-corrected chi connectivity index (χ0v) is 30.1. The maximum atomic E-state index is 13.9. The monoisotopic (exact) mass is 708 g/mol. The van der Waals surface area contributed by atoms with Gasteiger partial charge in [0.1, 0.15) is 42.4 Å². The lowest BCUT2D eigenvalue weighted by atomic mass is 9.74. The van der Waals surface area contributed by atoms with E-state index in [9.17, 15) is 50.4 Å². The van der Waals surface area contributed by atoms with Gasteiger partial charge in [-0.25, -0.2) is 0 Å². The fraction of sp³-hybridized carbons (Fsp3) is 0.941. The van der Waals surface area contributed by atoms with Gasteiger partial charge in [0.05, 0.1) is 48.1 Å². The first-order chi connectivity index (χ1) is 22.6. The van der Waals surface area contributed by atoms with Crippen LogP contribution in [-0.2, 0) is 33.3 Å². The number of aliphatic hydroxyl groups is 8. The molecule has 3 fully saturated rings. The van der Waals surface area contributed by atoms with Crippen LogP contribution in [0.4, 0.5) is 0 Å². The van der Waals surface area contributed by atoms with Crippen LogP contribution >= 0.6 is 0 Å². The van der Waals surface area contributed by atoms with E-state index >= 15 is 0 Å². The molecule has 8 N–H and O–H groups in total. The van der Waals surface area contributed by atoms with E-state index in [0.717, 1.165) is 0 Å². The highest BCUT2D eigenvalue weighted by molar-refractivity contribution is 5.83. The Balaban J connectivity index is 2.15. The topological polar surface area (TPSA) is 242 Å². The van der Waals surface area contributed by atoms with Crippen molar-refractivity contribution in [2.45, 2.75) is 166 Å². The lowest BCUT2D eigenvalue weighted by molar-refractivity contribution is -0.336. The van der Waals surface area contributed by atoms with Gasteiger partial charge in [-0.1, -0.05) is 34.6 Å². The van der Waals surface area contributed by atoms with Crippen molar-refractivity contribution in [1.82, 2.24) is 0 Å². The molecule has 0 aromatic heterocycles. The van der Waals surface area contributed by atoms with Crippen LogP contribution < -0.4 is 0 Å². The van der Waals surface area contributed by atoms with Crippen molar-refractivity contribution in [3.8, 4) is 0 Å². The number of esters is 1. The largest absolute Gasteiger partial charge is 0.462 e. The fourth-order valence-electron chi connectivity index (χ4n) is 7.69. The average molecular weight is 709 g/mol. The molecule has 0 aliphatic carbocycles. The minimum atomic E-state index is -1.94. The summed E-state index contributed by atoms with van der Waals surface area (Å²) in [4.78, 5) is 27.5. The Morgan fingerprint density at radius 1 is 0.755 bits per heavy atom. The molecule has 3 heterocycles. The minimum Gasteiger partial charge on any atom is -0.462 e. The summed E-state index contributed by atoms with van der Waals surface area (Å²) in [5.74, 6) is -5.54. The van der Waals surface area contributed by atoms with E-state index in [1.165, 1.54) is 20.8 Å². The predicted octanol–water partition coefficient (Wildman–Crippen LogP) is -0.609. The Morgan fingerprint density at radius 3 is 1.92 bits per heavy atom. The normalized spacial score (nSPS) is 51.2. The standard InChI is InChI=1S/C34H60O15/c1-10-20-15(3)24(37)16(4)23(36)14(2)11-34(9,44)30(49-32-27(40)26(39)25(38)21(13-35)47-32)17(5)28(18(6)31(42)46-20)48-22-12-33(8,43)29(41)19(7)45-22/h14-22,24-30,32,35,37-41,43-44H,10-13H2,1-9H3/t14-,15+,16+,17+,18-,19?,20-,21?,22+,24+,25+,26?,27?,28+,29+,30-,32+,33?,34-/m1/s1. The molecular weight excluding hydrogens is 648 g/mol. The zero-order chi connectivity index (χ0) is 37.3. The molecule has 19 atom stereocenters. The molecule has 49 heavy (non-hydrogen) atoms. The Labute approximate surface area is 288 Å². The molecule has 3 aliphatic rings. The third-order valence-electron chi connectivity index (χ3n) is 10.9. The van der Waals surface area contributed by atoms with E-state index in [0.29, 0.717) is 6.42 Å². The van der Waals surface area contributed by atoms with Crippen LogP contribution in [-0.4, -0.2) is 144 Å². The summed E-state index contributed by atoms with van der Waals surface area (Å²) in [5, 5.41) is 86.3. The van der Waals surface area contributed by atoms with Crippen LogP contribution in [0.15, 0.2) is 0 Å². The first kappa shape index (κ1) is 42.1. The molecule has 0 aromatic rings. The average Bonchev–Trinajstić information content (AvgIpc) is 3.04. The SMILES string of the molecule is CC[C@H]1OC(=O)[C@H](C)[C@@H](O[C@H]2CC(C)(O)[C@@H](O)C(C)O2)[C@H](C)[C@@H](O[C@@H]2OC(CO)[C@H](O)C(O)C2O)[C@](C)(O)C[C@@H](C)C(=O)[C@H](C)[C@@H](O)[C@H]1C. The van der Waals surface area contributed by atoms with Crippen molar-refractivity contribution >= 4 is 11.8 Å². The molecule has 3 rings (SSSR count). The van der Waals surface area contributed by atoms with Crippen LogP contribution in [0.3, 0.4) is 0 Å². The summed E-state index contributed by atoms with van der Waals surface area (Å²) in [6.45, 7) is 13.4. The first-order valence-corrected chi connectivity index (χ1v) is 17.4. The molecule has 0 bridgehead atoms. The number of Topliss-reactive ketones (excluding diaryl/α,β-unsaturated/α-hetero) is 1. The lowest BCUT2D eigenvalue weighted by Gasteiger charge is -2.48. The van der Waals surface area contributed by atoms with E-state index < -0.39 is 127 Å². The van der Waals surface area contributed by atoms with Crippen LogP contribution in [0.25, 0.3) is 0 Å². The molecule has 15 heteroatoms. The van der Waals surface area contributed by atoms with E-state index in [-0.39, 0.29) is 18.6 Å². The molecule has 0 radical (unpaired) electrons. The quantitative estimate of drug-likeness (QED) is 0.161. The number of hydrogen-bond donors (Lipinski definition) is 8. The highest BCUT2D eigenvalue weighted by Crippen LogP contribution is 2.39. The number of aliphatic hydroxyl groups excluding tert-OH is 6. The molecule has 0 saturated carbocycles. The number of ketones is 1. The molecule has 5 unspecified atom stereocenters. The second kappa shape index (κ2) is 16.6. The minimum absolute atomic E-state index is 0.192. The van der Waals surface area contributed by atoms with E-state index in [1.807, 2.05) is 0 Å². The number of hydrogen-bond acceptors (Lipinski definition) is 15. The summed E-state index contributed by atoms with van der Waals surface area (Å²) in [5.41, 5.74) is -3.56. The molecular formula is C34H60O15. The van der Waals surface area contributed by atoms with Crippen molar-refractivity contribution in [3.05, 3.63) is 0 Å². The number of carbonyl (C=O) groups excluding carboxylic acids is 2. The molecule has 15 nitrogen and oxygen atoms in total. The summed E-state index contributed by atoms with van der Waals surface area (Å²) in [6.07, 6.45) is -16.3. The zero-order valence-electron chi connectivity index (χ0n) is 30.1. The Hall–Kier alpha value is -1.34. The molecule has 286 valence electrons. The Bertz CT molecular complexity index is 1100. The first-order valence-electron chi connectivity index (χ1n) is 17.4. The number of cyclic esters (lactones) is 1. The fourth-order valence-corrected chi connectivity index (χ4v) is 7.69. The summed E-state index contributed by atoms with van der Waals surface area (Å²) < 4.78 is 30.1. The van der Waals surface area contributed by atoms with Crippen LogP contribution in [0.5, 0.6) is 0 Å². The van der Waals surface area contributed by atoms with Crippen molar-refractivity contribution < 1.29 is 74.1 Å². The van der Waals surface area contributed by atoms with E-state index in [4.69, 9.17) is 23.7 Å². The Morgan fingerprint density at radius 2 is 1.37 bits per heavy atom. The summed E-state index contributed by atoms with van der Waals surface area (Å²) in [6, 6.07) is 0. The van der Waals surface area contributed by atoms with Gasteiger partial charge in [0.2, 0.25) is 0 Å². The van der Waals surface area contributed by atoms with Gasteiger partial charge in [-0.3, -0.25) is 9.59 Å².